The second-order valence-electron chi connectivity index (χ2n) is 1.50. The molecule has 7 heavy (non-hydrogen) atoms. The second-order valence-corrected chi connectivity index (χ2v) is 1.50. The largest absolute Gasteiger partial charge is 1.00 e. The first-order chi connectivity index (χ1) is 1.73. The van der Waals surface area contributed by atoms with Crippen LogP contribution in [0.25, 0.3) is 0 Å². The number of hydrogen-bond donors (Lipinski definition) is 1. The van der Waals surface area contributed by atoms with E-state index in [2.05, 4.69) is 21.1 Å². The van der Waals surface area contributed by atoms with E-state index < -0.39 is 0 Å². The molecule has 0 aromatic heterocycles. The van der Waals surface area contributed by atoms with E-state index in [0.717, 1.165) is 0 Å². The molecule has 0 fully saturated rings. The molecule has 0 radical (unpaired) electrons. The summed E-state index contributed by atoms with van der Waals surface area (Å²) in [6.45, 7) is 0. The molecule has 3 nitrogen and oxygen atoms in total. The molecule has 3 N–H and O–H groups in total. The van der Waals surface area contributed by atoms with E-state index in [1.165, 1.54) is 4.90 Å². The third-order valence-corrected chi connectivity index (χ3v) is 0. The minimum absolute atomic E-state index is 0. The first-order valence-electron chi connectivity index (χ1n) is 1.50. The normalized spacial score (nSPS) is 5.14. The smallest absolute Gasteiger partial charge is 0.870 e. The summed E-state index contributed by atoms with van der Waals surface area (Å²) in [5.74, 6) is 0. The van der Waals surface area contributed by atoms with Crippen LogP contribution in [0.5, 0.6) is 0 Å². The van der Waals surface area contributed by atoms with E-state index in [9.17, 15) is 0 Å². The third-order valence-electron chi connectivity index (χ3n) is 0. The number of rotatable bonds is 0. The summed E-state index contributed by atoms with van der Waals surface area (Å²) in [4.78, 5) is 1.42. The molecule has 0 heterocycles. The van der Waals surface area contributed by atoms with Crippen LogP contribution in [0.4, 0.5) is 0 Å². The van der Waals surface area contributed by atoms with Crippen LogP contribution in [0.3, 0.4) is 0 Å². The Bertz CT molecular complexity index is 17.7. The Balaban J connectivity index is -0.0000000150. The summed E-state index contributed by atoms with van der Waals surface area (Å²) in [6, 6.07) is 0. The Morgan fingerprint density at radius 2 is 0.857 bits per heavy atom. The van der Waals surface area contributed by atoms with Crippen LogP contribution in [-0.4, -0.2) is 32.1 Å². The zero-order valence-electron chi connectivity index (χ0n) is 5.39. The molecule has 0 spiro atoms. The average molecular weight is 117 g/mol. The van der Waals surface area contributed by atoms with Gasteiger partial charge in [-0.3, -0.25) is 0 Å². The Labute approximate surface area is 66.6 Å². The fraction of sp³-hybridized carbons (Fsp3) is 1.00. The maximum atomic E-state index is 2.08. The van der Waals surface area contributed by atoms with Crippen molar-refractivity contribution in [2.45, 2.75) is 0 Å². The first kappa shape index (κ1) is 24.8. The van der Waals surface area contributed by atoms with Gasteiger partial charge >= 0.3 is 29.6 Å². The Kier molecular flexibility index (Phi) is 55.9. The fourth-order valence-corrected chi connectivity index (χ4v) is 0. The molecule has 0 aromatic carbocycles. The van der Waals surface area contributed by atoms with Crippen molar-refractivity contribution in [2.24, 2.45) is 0 Å². The molecule has 0 aliphatic heterocycles. The summed E-state index contributed by atoms with van der Waals surface area (Å²) in [5, 5.41) is 0. The van der Waals surface area contributed by atoms with Crippen molar-refractivity contribution < 1.29 is 45.4 Å². The summed E-state index contributed by atoms with van der Waals surface area (Å²) in [6.07, 6.45) is 0. The van der Waals surface area contributed by atoms with Crippen LogP contribution in [0.1, 0.15) is 0 Å². The molecule has 0 saturated carbocycles. The zero-order chi connectivity index (χ0) is 3.58. The van der Waals surface area contributed by atoms with Crippen molar-refractivity contribution in [3.05, 3.63) is 0 Å². The standard InChI is InChI=1S/C3H9N.Na.2H2O/c1-4(2)3;;;/h1-3H3;;2*1H2/q;+1;;/p-1. The molecule has 0 rings (SSSR count). The molecule has 0 aromatic rings. The number of quaternary nitrogens is 1. The molecule has 0 amide bonds. The minimum atomic E-state index is 0. The maximum absolute atomic E-state index is 2.08. The van der Waals surface area contributed by atoms with E-state index >= 15 is 0 Å². The summed E-state index contributed by atoms with van der Waals surface area (Å²) in [7, 11) is 6.25. The van der Waals surface area contributed by atoms with E-state index in [4.69, 9.17) is 0 Å². The summed E-state index contributed by atoms with van der Waals surface area (Å²) >= 11 is 0. The van der Waals surface area contributed by atoms with Crippen molar-refractivity contribution >= 4 is 0 Å². The predicted octanol–water partition coefficient (Wildman–Crippen LogP) is -4.59. The van der Waals surface area contributed by atoms with Gasteiger partial charge in [0.1, 0.15) is 0 Å². The van der Waals surface area contributed by atoms with Crippen molar-refractivity contribution in [2.75, 3.05) is 21.1 Å². The van der Waals surface area contributed by atoms with Crippen LogP contribution < -0.4 is 34.5 Å². The van der Waals surface area contributed by atoms with E-state index in [-0.39, 0.29) is 40.5 Å². The van der Waals surface area contributed by atoms with Crippen molar-refractivity contribution in [3.63, 3.8) is 0 Å². The maximum Gasteiger partial charge on any atom is 1.00 e. The van der Waals surface area contributed by atoms with Gasteiger partial charge in [-0.25, -0.2) is 0 Å². The third kappa shape index (κ3) is 212. The molecular weight excluding hydrogens is 105 g/mol. The fourth-order valence-electron chi connectivity index (χ4n) is 0. The van der Waals surface area contributed by atoms with Crippen LogP contribution in [0, 0.1) is 0 Å². The number of hydrogen-bond acceptors (Lipinski definition) is 2. The van der Waals surface area contributed by atoms with Crippen molar-refractivity contribution in [3.8, 4) is 0 Å². The van der Waals surface area contributed by atoms with Crippen LogP contribution in [0.2, 0.25) is 0 Å². The molecular formula is C3H12NNaO2. The van der Waals surface area contributed by atoms with Gasteiger partial charge in [-0.1, -0.05) is 0 Å². The topological polar surface area (TPSA) is 64.4 Å². The van der Waals surface area contributed by atoms with Crippen molar-refractivity contribution in [1.82, 2.24) is 0 Å². The van der Waals surface area contributed by atoms with Crippen LogP contribution in [-0.2, 0) is 0 Å². The molecule has 0 saturated heterocycles. The summed E-state index contributed by atoms with van der Waals surface area (Å²) in [5.41, 5.74) is 0. The van der Waals surface area contributed by atoms with Gasteiger partial charge in [0.05, 0.1) is 21.1 Å². The minimum Gasteiger partial charge on any atom is -0.870 e. The predicted molar refractivity (Wildman–Crippen MR) is 22.6 cm³/mol. The van der Waals surface area contributed by atoms with E-state index in [1.807, 2.05) is 0 Å². The Morgan fingerprint density at radius 1 is 0.857 bits per heavy atom. The second kappa shape index (κ2) is 15.8. The molecule has 0 atom stereocenters. The average Bonchev–Trinajstić information content (AvgIpc) is 0.811. The van der Waals surface area contributed by atoms with Gasteiger partial charge in [0.15, 0.2) is 0 Å². The van der Waals surface area contributed by atoms with E-state index in [0.29, 0.717) is 0 Å². The summed E-state index contributed by atoms with van der Waals surface area (Å²) < 4.78 is 0. The molecule has 0 bridgehead atoms. The Morgan fingerprint density at radius 3 is 0.857 bits per heavy atom. The quantitative estimate of drug-likeness (QED) is 0.324. The molecule has 0 aliphatic rings. The van der Waals surface area contributed by atoms with Gasteiger partial charge < -0.3 is 15.9 Å². The van der Waals surface area contributed by atoms with Gasteiger partial charge in [-0.2, -0.15) is 0 Å². The molecule has 4 heteroatoms. The van der Waals surface area contributed by atoms with Crippen LogP contribution in [0.15, 0.2) is 0 Å². The van der Waals surface area contributed by atoms with Gasteiger partial charge in [-0.15, -0.1) is 0 Å². The Hall–Kier alpha value is 0.880. The SMILES string of the molecule is C[NH+](C)C.[Na+].[OH-].[OH-]. The van der Waals surface area contributed by atoms with Gasteiger partial charge in [0, 0.05) is 0 Å². The van der Waals surface area contributed by atoms with Crippen LogP contribution >= 0.6 is 0 Å². The monoisotopic (exact) mass is 117 g/mol. The molecule has 42 valence electrons. The van der Waals surface area contributed by atoms with E-state index in [1.54, 1.807) is 0 Å². The molecule has 0 aliphatic carbocycles. The zero-order valence-corrected chi connectivity index (χ0v) is 7.39. The van der Waals surface area contributed by atoms with Gasteiger partial charge in [-0.05, 0) is 0 Å². The molecule has 0 unspecified atom stereocenters. The van der Waals surface area contributed by atoms with Gasteiger partial charge in [0.25, 0.3) is 0 Å². The first-order valence-corrected chi connectivity index (χ1v) is 1.50. The van der Waals surface area contributed by atoms with Gasteiger partial charge in [0.2, 0.25) is 0 Å². The van der Waals surface area contributed by atoms with Crippen molar-refractivity contribution in [1.29, 1.82) is 0 Å². The number of nitrogens with one attached hydrogen (secondary N) is 1.